The molecule has 0 unspecified atom stereocenters. The summed E-state index contributed by atoms with van der Waals surface area (Å²) in [5, 5.41) is -1.43. The molecule has 0 aliphatic heterocycles. The summed E-state index contributed by atoms with van der Waals surface area (Å²) in [6.07, 6.45) is -4.63. The standard InChI is InChI=1S/C8H5BrClF3N2/c1-4-5(9)2-3-6(14-4)15-7(10)8(11,12)13/h2-3H,1H3. The minimum atomic E-state index is -4.63. The van der Waals surface area contributed by atoms with Crippen LogP contribution < -0.4 is 0 Å². The number of aryl methyl sites for hydroxylation is 1. The molecule has 0 radical (unpaired) electrons. The molecule has 1 aromatic rings. The fraction of sp³-hybridized carbons (Fsp3) is 0.250. The Morgan fingerprint density at radius 2 is 2.07 bits per heavy atom. The first-order chi connectivity index (χ1) is 6.80. The molecule has 0 atom stereocenters. The molecule has 0 saturated heterocycles. The summed E-state index contributed by atoms with van der Waals surface area (Å²) < 4.78 is 36.7. The van der Waals surface area contributed by atoms with Gasteiger partial charge in [0.15, 0.2) is 5.82 Å². The topological polar surface area (TPSA) is 25.2 Å². The Hall–Kier alpha value is -0.620. The summed E-state index contributed by atoms with van der Waals surface area (Å²) in [7, 11) is 0. The summed E-state index contributed by atoms with van der Waals surface area (Å²) in [6.45, 7) is 1.64. The number of rotatable bonds is 1. The maximum Gasteiger partial charge on any atom is 0.444 e. The molecule has 1 heterocycles. The number of hydrogen-bond acceptors (Lipinski definition) is 2. The molecule has 0 aromatic carbocycles. The lowest BCUT2D eigenvalue weighted by atomic mass is 10.4. The zero-order chi connectivity index (χ0) is 11.6. The molecule has 0 N–H and O–H groups in total. The van der Waals surface area contributed by atoms with Crippen LogP contribution in [0.5, 0.6) is 0 Å². The molecular formula is C8H5BrClF3N2. The van der Waals surface area contributed by atoms with Crippen molar-refractivity contribution in [3.05, 3.63) is 22.3 Å². The molecule has 15 heavy (non-hydrogen) atoms. The highest BCUT2D eigenvalue weighted by molar-refractivity contribution is 9.10. The van der Waals surface area contributed by atoms with Gasteiger partial charge >= 0.3 is 6.18 Å². The fourth-order valence-electron chi connectivity index (χ4n) is 0.757. The van der Waals surface area contributed by atoms with Gasteiger partial charge in [-0.3, -0.25) is 0 Å². The second-order valence-electron chi connectivity index (χ2n) is 2.64. The normalized spacial score (nSPS) is 13.1. The van der Waals surface area contributed by atoms with Crippen LogP contribution in [0.4, 0.5) is 19.0 Å². The van der Waals surface area contributed by atoms with E-state index in [1.54, 1.807) is 13.0 Å². The van der Waals surface area contributed by atoms with Gasteiger partial charge in [-0.1, -0.05) is 11.6 Å². The van der Waals surface area contributed by atoms with E-state index >= 15 is 0 Å². The largest absolute Gasteiger partial charge is 0.444 e. The Labute approximate surface area is 97.3 Å². The SMILES string of the molecule is Cc1nc(N=C(Cl)C(F)(F)F)ccc1Br. The van der Waals surface area contributed by atoms with E-state index in [1.165, 1.54) is 6.07 Å². The molecule has 0 amide bonds. The predicted molar refractivity (Wildman–Crippen MR) is 55.7 cm³/mol. The summed E-state index contributed by atoms with van der Waals surface area (Å²) in [6, 6.07) is 2.90. The van der Waals surface area contributed by atoms with E-state index in [0.29, 0.717) is 10.2 Å². The molecule has 82 valence electrons. The third-order valence-corrected chi connectivity index (χ3v) is 2.59. The lowest BCUT2D eigenvalue weighted by molar-refractivity contribution is -0.0558. The highest BCUT2D eigenvalue weighted by Gasteiger charge is 2.34. The van der Waals surface area contributed by atoms with Gasteiger partial charge in [0.25, 0.3) is 0 Å². The van der Waals surface area contributed by atoms with E-state index < -0.39 is 11.3 Å². The first-order valence-electron chi connectivity index (χ1n) is 3.75. The highest BCUT2D eigenvalue weighted by atomic mass is 79.9. The fourth-order valence-corrected chi connectivity index (χ4v) is 1.06. The lowest BCUT2D eigenvalue weighted by Crippen LogP contribution is -2.16. The average molecular weight is 301 g/mol. The molecule has 0 spiro atoms. The van der Waals surface area contributed by atoms with Gasteiger partial charge in [-0.25, -0.2) is 9.98 Å². The van der Waals surface area contributed by atoms with Crippen LogP contribution >= 0.6 is 27.5 Å². The Morgan fingerprint density at radius 3 is 2.53 bits per heavy atom. The maximum atomic E-state index is 12.0. The minimum absolute atomic E-state index is 0.0713. The molecule has 0 aliphatic rings. The van der Waals surface area contributed by atoms with Crippen LogP contribution in [0.25, 0.3) is 0 Å². The van der Waals surface area contributed by atoms with E-state index in [9.17, 15) is 13.2 Å². The van der Waals surface area contributed by atoms with Gasteiger partial charge in [-0.15, -0.1) is 0 Å². The van der Waals surface area contributed by atoms with Crippen molar-refractivity contribution in [3.63, 3.8) is 0 Å². The van der Waals surface area contributed by atoms with E-state index in [2.05, 4.69) is 25.9 Å². The zero-order valence-corrected chi connectivity index (χ0v) is 9.78. The Bertz CT molecular complexity index is 403. The van der Waals surface area contributed by atoms with Gasteiger partial charge in [-0.2, -0.15) is 13.2 Å². The van der Waals surface area contributed by atoms with Crippen LogP contribution in [-0.2, 0) is 0 Å². The number of aromatic nitrogens is 1. The first-order valence-corrected chi connectivity index (χ1v) is 4.92. The summed E-state index contributed by atoms with van der Waals surface area (Å²) >= 11 is 8.13. The smallest absolute Gasteiger partial charge is 0.233 e. The van der Waals surface area contributed by atoms with E-state index in [0.717, 1.165) is 0 Å². The van der Waals surface area contributed by atoms with Gasteiger partial charge in [0.05, 0.1) is 5.69 Å². The molecule has 0 fully saturated rings. The van der Waals surface area contributed by atoms with Gasteiger partial charge in [0.1, 0.15) is 0 Å². The molecule has 1 aromatic heterocycles. The molecule has 1 rings (SSSR count). The lowest BCUT2D eigenvalue weighted by Gasteiger charge is -2.03. The second kappa shape index (κ2) is 4.49. The van der Waals surface area contributed by atoms with Gasteiger partial charge in [0.2, 0.25) is 5.17 Å². The van der Waals surface area contributed by atoms with Crippen molar-refractivity contribution in [3.8, 4) is 0 Å². The van der Waals surface area contributed by atoms with Crippen molar-refractivity contribution in [1.29, 1.82) is 0 Å². The number of pyridine rings is 1. The summed E-state index contributed by atoms with van der Waals surface area (Å²) in [4.78, 5) is 6.96. The van der Waals surface area contributed by atoms with Gasteiger partial charge < -0.3 is 0 Å². The third-order valence-electron chi connectivity index (χ3n) is 1.45. The second-order valence-corrected chi connectivity index (χ2v) is 3.85. The molecular weight excluding hydrogens is 296 g/mol. The van der Waals surface area contributed by atoms with Crippen LogP contribution in [0.1, 0.15) is 5.69 Å². The van der Waals surface area contributed by atoms with Crippen LogP contribution in [0, 0.1) is 6.92 Å². The van der Waals surface area contributed by atoms with Crippen molar-refractivity contribution in [2.45, 2.75) is 13.1 Å². The van der Waals surface area contributed by atoms with Crippen LogP contribution in [-0.4, -0.2) is 16.3 Å². The van der Waals surface area contributed by atoms with Crippen molar-refractivity contribution in [1.82, 2.24) is 4.98 Å². The van der Waals surface area contributed by atoms with E-state index in [-0.39, 0.29) is 5.82 Å². The summed E-state index contributed by atoms with van der Waals surface area (Å²) in [5.74, 6) is -0.0713. The Kier molecular flexibility index (Phi) is 3.72. The average Bonchev–Trinajstić information content (AvgIpc) is 2.10. The Morgan fingerprint density at radius 1 is 1.47 bits per heavy atom. The van der Waals surface area contributed by atoms with Crippen molar-refractivity contribution >= 4 is 38.5 Å². The molecule has 0 bridgehead atoms. The van der Waals surface area contributed by atoms with Gasteiger partial charge in [0, 0.05) is 4.47 Å². The van der Waals surface area contributed by atoms with E-state index in [1.807, 2.05) is 0 Å². The zero-order valence-electron chi connectivity index (χ0n) is 7.44. The number of aliphatic imine (C=N–C) groups is 1. The van der Waals surface area contributed by atoms with Crippen molar-refractivity contribution < 1.29 is 13.2 Å². The van der Waals surface area contributed by atoms with Crippen LogP contribution in [0.15, 0.2) is 21.6 Å². The number of nitrogens with zero attached hydrogens (tertiary/aromatic N) is 2. The van der Waals surface area contributed by atoms with Crippen molar-refractivity contribution in [2.75, 3.05) is 0 Å². The predicted octanol–water partition coefficient (Wildman–Crippen LogP) is 3.98. The van der Waals surface area contributed by atoms with E-state index in [4.69, 9.17) is 11.6 Å². The quantitative estimate of drug-likeness (QED) is 0.720. The number of alkyl halides is 3. The minimum Gasteiger partial charge on any atom is -0.233 e. The first kappa shape index (κ1) is 12.4. The third kappa shape index (κ3) is 3.46. The molecule has 0 saturated carbocycles. The number of hydrogen-bond donors (Lipinski definition) is 0. The molecule has 7 heteroatoms. The maximum absolute atomic E-state index is 12.0. The van der Waals surface area contributed by atoms with Gasteiger partial charge in [-0.05, 0) is 35.0 Å². The van der Waals surface area contributed by atoms with Crippen LogP contribution in [0.3, 0.4) is 0 Å². The molecule has 2 nitrogen and oxygen atoms in total. The monoisotopic (exact) mass is 300 g/mol. The van der Waals surface area contributed by atoms with Crippen LogP contribution in [0.2, 0.25) is 0 Å². The summed E-state index contributed by atoms with van der Waals surface area (Å²) in [5.41, 5.74) is 0.544. The number of halogens is 5. The molecule has 0 aliphatic carbocycles. The van der Waals surface area contributed by atoms with Crippen molar-refractivity contribution in [2.24, 2.45) is 4.99 Å². The highest BCUT2D eigenvalue weighted by Crippen LogP contribution is 2.24. The Balaban J connectivity index is 3.04.